The Bertz CT molecular complexity index is 1450. The summed E-state index contributed by atoms with van der Waals surface area (Å²) in [6.45, 7) is 0. The normalized spacial score (nSPS) is 15.3. The first-order valence-electron chi connectivity index (χ1n) is 9.90. The van der Waals surface area contributed by atoms with E-state index in [0.29, 0.717) is 0 Å². The summed E-state index contributed by atoms with van der Waals surface area (Å²) in [6, 6.07) is 6.42. The van der Waals surface area contributed by atoms with Crippen molar-refractivity contribution >= 4 is 11.6 Å². The molecule has 8 nitrogen and oxygen atoms in total. The number of aromatic amines is 2. The van der Waals surface area contributed by atoms with Crippen LogP contribution in [0.5, 0.6) is 11.5 Å². The molecule has 14 heteroatoms. The zero-order valence-electron chi connectivity index (χ0n) is 17.3. The van der Waals surface area contributed by atoms with Crippen molar-refractivity contribution in [2.75, 3.05) is 0 Å². The molecule has 35 heavy (non-hydrogen) atoms. The molecule has 182 valence electrons. The number of H-pyrrole nitrogens is 2. The van der Waals surface area contributed by atoms with Gasteiger partial charge in [0.1, 0.15) is 11.6 Å². The predicted molar refractivity (Wildman–Crippen MR) is 111 cm³/mol. The van der Waals surface area contributed by atoms with Crippen LogP contribution >= 0.6 is 11.6 Å². The van der Waals surface area contributed by atoms with Gasteiger partial charge in [-0.25, -0.2) is 18.9 Å². The standard InChI is InChI=1S/C21H13ClF5N5O3/c22-11-1-9(8-28)2-13(3-11)35-16-17(21(25,26)27)29-15(30-19(16)34)5-12-4-14(18(33)32-31-12)10-6-20(23,24)7-10/h1-4,10H,5-7H2,(H,32,33)(H,29,30,34). The second-order valence-electron chi connectivity index (χ2n) is 7.86. The minimum Gasteiger partial charge on any atom is -0.449 e. The number of nitriles is 1. The van der Waals surface area contributed by atoms with Crippen molar-refractivity contribution in [1.29, 1.82) is 5.26 Å². The minimum atomic E-state index is -5.10. The first-order valence-corrected chi connectivity index (χ1v) is 10.3. The number of rotatable bonds is 5. The van der Waals surface area contributed by atoms with Gasteiger partial charge in [0, 0.05) is 35.8 Å². The van der Waals surface area contributed by atoms with Crippen molar-refractivity contribution in [1.82, 2.24) is 20.2 Å². The van der Waals surface area contributed by atoms with E-state index in [1.807, 2.05) is 0 Å². The molecule has 2 N–H and O–H groups in total. The molecule has 0 atom stereocenters. The third-order valence-corrected chi connectivity index (χ3v) is 5.40. The van der Waals surface area contributed by atoms with Crippen LogP contribution in [0.25, 0.3) is 0 Å². The van der Waals surface area contributed by atoms with Crippen LogP contribution in [0.15, 0.2) is 33.9 Å². The van der Waals surface area contributed by atoms with Crippen molar-refractivity contribution in [3.63, 3.8) is 0 Å². The number of nitrogens with one attached hydrogen (secondary N) is 2. The molecule has 1 aliphatic rings. The molecule has 1 aliphatic carbocycles. The molecule has 0 radical (unpaired) electrons. The highest BCUT2D eigenvalue weighted by Crippen LogP contribution is 2.47. The number of hydrogen-bond donors (Lipinski definition) is 2. The van der Waals surface area contributed by atoms with E-state index in [9.17, 15) is 31.5 Å². The van der Waals surface area contributed by atoms with Crippen LogP contribution in [0.3, 0.4) is 0 Å². The largest absolute Gasteiger partial charge is 0.449 e. The van der Waals surface area contributed by atoms with Crippen LogP contribution in [0.1, 0.15) is 47.1 Å². The molecular weight excluding hydrogens is 501 g/mol. The lowest BCUT2D eigenvalue weighted by atomic mass is 9.77. The molecule has 1 saturated carbocycles. The van der Waals surface area contributed by atoms with Gasteiger partial charge in [0.2, 0.25) is 11.7 Å². The number of aromatic nitrogens is 4. The van der Waals surface area contributed by atoms with E-state index >= 15 is 0 Å². The van der Waals surface area contributed by atoms with Crippen molar-refractivity contribution in [2.45, 2.75) is 37.3 Å². The Hall–Kier alpha value is -3.79. The van der Waals surface area contributed by atoms with Gasteiger partial charge in [-0.3, -0.25) is 9.59 Å². The molecule has 0 aliphatic heterocycles. The number of alkyl halides is 5. The fourth-order valence-corrected chi connectivity index (χ4v) is 3.82. The third-order valence-electron chi connectivity index (χ3n) is 5.18. The summed E-state index contributed by atoms with van der Waals surface area (Å²) in [5, 5.41) is 14.8. The lowest BCUT2D eigenvalue weighted by molar-refractivity contribution is -0.142. The number of nitrogens with zero attached hydrogens (tertiary/aromatic N) is 3. The Balaban J connectivity index is 1.68. The lowest BCUT2D eigenvalue weighted by Gasteiger charge is -2.34. The summed E-state index contributed by atoms with van der Waals surface area (Å²) in [7, 11) is 0. The summed E-state index contributed by atoms with van der Waals surface area (Å²) in [5.41, 5.74) is -3.58. The first kappa shape index (κ1) is 24.3. The molecule has 4 rings (SSSR count). The number of ether oxygens (including phenoxy) is 1. The van der Waals surface area contributed by atoms with E-state index in [1.54, 1.807) is 6.07 Å². The van der Waals surface area contributed by atoms with E-state index in [4.69, 9.17) is 21.6 Å². The summed E-state index contributed by atoms with van der Waals surface area (Å²) in [4.78, 5) is 30.1. The van der Waals surface area contributed by atoms with Gasteiger partial charge in [-0.05, 0) is 24.3 Å². The highest BCUT2D eigenvalue weighted by molar-refractivity contribution is 6.30. The van der Waals surface area contributed by atoms with Crippen molar-refractivity contribution in [3.05, 3.63) is 78.3 Å². The van der Waals surface area contributed by atoms with Crippen LogP contribution in [0.4, 0.5) is 22.0 Å². The van der Waals surface area contributed by atoms with Gasteiger partial charge < -0.3 is 9.72 Å². The van der Waals surface area contributed by atoms with E-state index in [2.05, 4.69) is 20.2 Å². The molecule has 0 spiro atoms. The molecule has 3 aromatic rings. The first-order chi connectivity index (χ1) is 16.3. The fraction of sp³-hybridized carbons (Fsp3) is 0.286. The van der Waals surface area contributed by atoms with Crippen molar-refractivity contribution in [2.24, 2.45) is 0 Å². The highest BCUT2D eigenvalue weighted by Gasteiger charge is 2.47. The Kier molecular flexibility index (Phi) is 6.10. The van der Waals surface area contributed by atoms with Gasteiger partial charge in [0.05, 0.1) is 17.3 Å². The minimum absolute atomic E-state index is 0.00205. The van der Waals surface area contributed by atoms with E-state index in [1.165, 1.54) is 12.1 Å². The molecule has 1 aromatic carbocycles. The Labute approximate surface area is 197 Å². The molecule has 1 fully saturated rings. The molecular formula is C21H13ClF5N5O3. The number of benzene rings is 1. The average Bonchev–Trinajstić information content (AvgIpc) is 2.74. The van der Waals surface area contributed by atoms with Crippen molar-refractivity contribution < 1.29 is 26.7 Å². The van der Waals surface area contributed by atoms with Gasteiger partial charge in [-0.1, -0.05) is 11.6 Å². The summed E-state index contributed by atoms with van der Waals surface area (Å²) < 4.78 is 72.6. The topological polar surface area (TPSA) is 125 Å². The maximum Gasteiger partial charge on any atom is 0.437 e. The SMILES string of the molecule is N#Cc1cc(Cl)cc(Oc2c(C(F)(F)F)nc(Cc3cc(C4CC(F)(F)C4)c(=O)[nH]n3)[nH]c2=O)c1. The zero-order chi connectivity index (χ0) is 25.5. The van der Waals surface area contributed by atoms with Crippen molar-refractivity contribution in [3.8, 4) is 17.6 Å². The quantitative estimate of drug-likeness (QED) is 0.490. The Morgan fingerprint density at radius 2 is 1.89 bits per heavy atom. The van der Waals surface area contributed by atoms with Gasteiger partial charge >= 0.3 is 6.18 Å². The fourth-order valence-electron chi connectivity index (χ4n) is 3.59. The van der Waals surface area contributed by atoms with Crippen LogP contribution in [0, 0.1) is 11.3 Å². The zero-order valence-corrected chi connectivity index (χ0v) is 18.1. The molecule has 0 saturated heterocycles. The molecule has 0 amide bonds. The van der Waals surface area contributed by atoms with Crippen LogP contribution in [-0.2, 0) is 12.6 Å². The maximum atomic E-state index is 13.7. The highest BCUT2D eigenvalue weighted by atomic mass is 35.5. The number of halogens is 6. The smallest absolute Gasteiger partial charge is 0.437 e. The monoisotopic (exact) mass is 513 g/mol. The van der Waals surface area contributed by atoms with Gasteiger partial charge in [-0.2, -0.15) is 23.5 Å². The summed E-state index contributed by atoms with van der Waals surface area (Å²) in [5.74, 6) is -5.52. The molecule has 2 aromatic heterocycles. The Morgan fingerprint density at radius 1 is 1.17 bits per heavy atom. The number of hydrogen-bond acceptors (Lipinski definition) is 6. The predicted octanol–water partition coefficient (Wildman–Crippen LogP) is 4.29. The second kappa shape index (κ2) is 8.77. The second-order valence-corrected chi connectivity index (χ2v) is 8.30. The Morgan fingerprint density at radius 3 is 2.51 bits per heavy atom. The lowest BCUT2D eigenvalue weighted by Crippen LogP contribution is -2.36. The summed E-state index contributed by atoms with van der Waals surface area (Å²) >= 11 is 5.83. The van der Waals surface area contributed by atoms with Crippen LogP contribution in [0.2, 0.25) is 5.02 Å². The van der Waals surface area contributed by atoms with Gasteiger partial charge in [0.25, 0.3) is 11.1 Å². The van der Waals surface area contributed by atoms with Crippen LogP contribution < -0.4 is 15.9 Å². The van der Waals surface area contributed by atoms with Gasteiger partial charge in [0.15, 0.2) is 5.69 Å². The van der Waals surface area contributed by atoms with E-state index in [0.717, 1.165) is 12.1 Å². The maximum absolute atomic E-state index is 13.7. The van der Waals surface area contributed by atoms with Gasteiger partial charge in [-0.15, -0.1) is 0 Å². The average molecular weight is 514 g/mol. The van der Waals surface area contributed by atoms with E-state index < -0.39 is 65.7 Å². The molecule has 0 bridgehead atoms. The summed E-state index contributed by atoms with van der Waals surface area (Å²) in [6.07, 6.45) is -6.61. The van der Waals surface area contributed by atoms with Crippen LogP contribution in [-0.4, -0.2) is 26.1 Å². The molecule has 2 heterocycles. The third kappa shape index (κ3) is 5.32. The van der Waals surface area contributed by atoms with E-state index in [-0.39, 0.29) is 27.6 Å². The molecule has 0 unspecified atom stereocenters.